The largest absolute Gasteiger partial charge is 0.425 e. The predicted octanol–water partition coefficient (Wildman–Crippen LogP) is 2.20. The van der Waals surface area contributed by atoms with Gasteiger partial charge in [-0.1, -0.05) is 13.8 Å². The highest BCUT2D eigenvalue weighted by Gasteiger charge is 2.12. The van der Waals surface area contributed by atoms with Gasteiger partial charge < -0.3 is 9.52 Å². The standard InChI is InChI=1S/C12H18O3/c1-7(2)5-10-6-8(3)11(9(4)13)15-12(10)14/h6-7,9,13H,5H2,1-4H3/t9-/m1/s1. The lowest BCUT2D eigenvalue weighted by molar-refractivity contribution is 0.162. The molecular formula is C12H18O3. The molecule has 0 radical (unpaired) electrons. The summed E-state index contributed by atoms with van der Waals surface area (Å²) in [6.07, 6.45) is -0.0192. The SMILES string of the molecule is Cc1cc(CC(C)C)c(=O)oc1[C@@H](C)O. The van der Waals surface area contributed by atoms with Crippen LogP contribution in [0.3, 0.4) is 0 Å². The minimum Gasteiger partial charge on any atom is -0.425 e. The molecule has 0 unspecified atom stereocenters. The lowest BCUT2D eigenvalue weighted by Crippen LogP contribution is -2.13. The van der Waals surface area contributed by atoms with Crippen molar-refractivity contribution in [2.75, 3.05) is 0 Å². The lowest BCUT2D eigenvalue weighted by atomic mass is 10.0. The Kier molecular flexibility index (Phi) is 3.69. The van der Waals surface area contributed by atoms with Crippen LogP contribution in [0.25, 0.3) is 0 Å². The van der Waals surface area contributed by atoms with Crippen LogP contribution in [0.5, 0.6) is 0 Å². The second-order valence-corrected chi connectivity index (χ2v) is 4.38. The molecular weight excluding hydrogens is 192 g/mol. The summed E-state index contributed by atoms with van der Waals surface area (Å²) in [5, 5.41) is 9.37. The molecule has 1 heterocycles. The van der Waals surface area contributed by atoms with Gasteiger partial charge >= 0.3 is 5.63 Å². The molecule has 0 fully saturated rings. The summed E-state index contributed by atoms with van der Waals surface area (Å²) in [6, 6.07) is 1.81. The Hall–Kier alpha value is -1.09. The maximum Gasteiger partial charge on any atom is 0.339 e. The molecule has 0 saturated heterocycles. The van der Waals surface area contributed by atoms with Crippen LogP contribution in [0, 0.1) is 12.8 Å². The van der Waals surface area contributed by atoms with Gasteiger partial charge in [0.25, 0.3) is 0 Å². The van der Waals surface area contributed by atoms with E-state index in [1.165, 1.54) is 0 Å². The molecule has 15 heavy (non-hydrogen) atoms. The van der Waals surface area contributed by atoms with Gasteiger partial charge in [0, 0.05) is 5.56 Å². The van der Waals surface area contributed by atoms with Gasteiger partial charge in [0.05, 0.1) is 0 Å². The third-order valence-corrected chi connectivity index (χ3v) is 2.25. The zero-order chi connectivity index (χ0) is 11.6. The van der Waals surface area contributed by atoms with Crippen LogP contribution in [0.4, 0.5) is 0 Å². The van der Waals surface area contributed by atoms with Crippen LogP contribution in [0.1, 0.15) is 43.8 Å². The zero-order valence-electron chi connectivity index (χ0n) is 9.70. The van der Waals surface area contributed by atoms with Crippen LogP contribution in [-0.2, 0) is 6.42 Å². The van der Waals surface area contributed by atoms with Crippen molar-refractivity contribution in [3.8, 4) is 0 Å². The van der Waals surface area contributed by atoms with Gasteiger partial charge in [0.1, 0.15) is 11.9 Å². The fourth-order valence-corrected chi connectivity index (χ4v) is 1.63. The van der Waals surface area contributed by atoms with Gasteiger partial charge in [-0.3, -0.25) is 0 Å². The van der Waals surface area contributed by atoms with E-state index in [1.54, 1.807) is 6.92 Å². The Morgan fingerprint density at radius 2 is 2.00 bits per heavy atom. The van der Waals surface area contributed by atoms with Gasteiger partial charge in [-0.05, 0) is 37.8 Å². The van der Waals surface area contributed by atoms with Crippen molar-refractivity contribution < 1.29 is 9.52 Å². The molecule has 0 aliphatic carbocycles. The van der Waals surface area contributed by atoms with E-state index >= 15 is 0 Å². The maximum atomic E-state index is 11.6. The molecule has 0 aliphatic heterocycles. The van der Waals surface area contributed by atoms with E-state index in [1.807, 2.05) is 13.0 Å². The van der Waals surface area contributed by atoms with E-state index in [0.29, 0.717) is 23.7 Å². The Labute approximate surface area is 89.7 Å². The average molecular weight is 210 g/mol. The summed E-state index contributed by atoms with van der Waals surface area (Å²) in [5.41, 5.74) is 1.19. The molecule has 0 amide bonds. The Bertz CT molecular complexity index is 388. The van der Waals surface area contributed by atoms with Crippen LogP contribution >= 0.6 is 0 Å². The average Bonchev–Trinajstić information content (AvgIpc) is 2.09. The molecule has 1 aromatic rings. The first-order valence-electron chi connectivity index (χ1n) is 5.23. The minimum atomic E-state index is -0.731. The Balaban J connectivity index is 3.14. The first-order chi connectivity index (χ1) is 6.91. The van der Waals surface area contributed by atoms with Gasteiger partial charge in [0.15, 0.2) is 0 Å². The fourth-order valence-electron chi connectivity index (χ4n) is 1.63. The number of hydrogen-bond acceptors (Lipinski definition) is 3. The quantitative estimate of drug-likeness (QED) is 0.832. The molecule has 3 nitrogen and oxygen atoms in total. The topological polar surface area (TPSA) is 50.4 Å². The highest BCUT2D eigenvalue weighted by atomic mass is 16.4. The minimum absolute atomic E-state index is 0.329. The Morgan fingerprint density at radius 1 is 1.40 bits per heavy atom. The van der Waals surface area contributed by atoms with Gasteiger partial charge in [-0.25, -0.2) is 4.79 Å². The van der Waals surface area contributed by atoms with Crippen LogP contribution < -0.4 is 5.63 Å². The predicted molar refractivity (Wildman–Crippen MR) is 58.9 cm³/mol. The van der Waals surface area contributed by atoms with Crippen molar-refractivity contribution in [3.05, 3.63) is 33.4 Å². The van der Waals surface area contributed by atoms with E-state index in [9.17, 15) is 9.90 Å². The molecule has 3 heteroatoms. The summed E-state index contributed by atoms with van der Waals surface area (Å²) in [7, 11) is 0. The molecule has 84 valence electrons. The molecule has 1 rings (SSSR count). The third kappa shape index (κ3) is 2.93. The van der Waals surface area contributed by atoms with Crippen molar-refractivity contribution in [2.45, 2.75) is 40.2 Å². The second kappa shape index (κ2) is 4.62. The first kappa shape index (κ1) is 12.0. The van der Waals surface area contributed by atoms with Crippen LogP contribution in [0.2, 0.25) is 0 Å². The summed E-state index contributed by atoms with van der Waals surface area (Å²) >= 11 is 0. The van der Waals surface area contributed by atoms with Crippen LogP contribution in [-0.4, -0.2) is 5.11 Å². The molecule has 0 saturated carbocycles. The fraction of sp³-hybridized carbons (Fsp3) is 0.583. The van der Waals surface area contributed by atoms with Gasteiger partial charge in [-0.15, -0.1) is 0 Å². The highest BCUT2D eigenvalue weighted by molar-refractivity contribution is 5.22. The molecule has 0 aliphatic rings. The van der Waals surface area contributed by atoms with Crippen molar-refractivity contribution in [1.29, 1.82) is 0 Å². The summed E-state index contributed by atoms with van der Waals surface area (Å²) in [4.78, 5) is 11.6. The second-order valence-electron chi connectivity index (χ2n) is 4.38. The monoisotopic (exact) mass is 210 g/mol. The van der Waals surface area contributed by atoms with Crippen molar-refractivity contribution in [1.82, 2.24) is 0 Å². The first-order valence-corrected chi connectivity index (χ1v) is 5.23. The van der Waals surface area contributed by atoms with Gasteiger partial charge in [0.2, 0.25) is 0 Å². The van der Waals surface area contributed by atoms with E-state index in [0.717, 1.165) is 5.56 Å². The highest BCUT2D eigenvalue weighted by Crippen LogP contribution is 2.16. The maximum absolute atomic E-state index is 11.6. The van der Waals surface area contributed by atoms with Gasteiger partial charge in [-0.2, -0.15) is 0 Å². The van der Waals surface area contributed by atoms with E-state index in [4.69, 9.17) is 4.42 Å². The smallest absolute Gasteiger partial charge is 0.339 e. The number of aryl methyl sites for hydroxylation is 1. The molecule has 0 bridgehead atoms. The molecule has 1 aromatic heterocycles. The summed E-state index contributed by atoms with van der Waals surface area (Å²) < 4.78 is 5.10. The normalized spacial score (nSPS) is 13.2. The number of rotatable bonds is 3. The van der Waals surface area contributed by atoms with E-state index < -0.39 is 6.10 Å². The Morgan fingerprint density at radius 3 is 2.47 bits per heavy atom. The molecule has 1 atom stereocenters. The van der Waals surface area contributed by atoms with Crippen molar-refractivity contribution in [3.63, 3.8) is 0 Å². The number of aliphatic hydroxyl groups is 1. The third-order valence-electron chi connectivity index (χ3n) is 2.25. The van der Waals surface area contributed by atoms with E-state index in [-0.39, 0.29) is 5.63 Å². The number of hydrogen-bond donors (Lipinski definition) is 1. The molecule has 1 N–H and O–H groups in total. The zero-order valence-corrected chi connectivity index (χ0v) is 9.70. The number of aliphatic hydroxyl groups excluding tert-OH is 1. The van der Waals surface area contributed by atoms with Crippen molar-refractivity contribution in [2.24, 2.45) is 5.92 Å². The summed E-state index contributed by atoms with van der Waals surface area (Å²) in [6.45, 7) is 7.54. The van der Waals surface area contributed by atoms with Crippen LogP contribution in [0.15, 0.2) is 15.3 Å². The molecule has 0 spiro atoms. The summed E-state index contributed by atoms with van der Waals surface area (Å²) in [5.74, 6) is 0.789. The van der Waals surface area contributed by atoms with E-state index in [2.05, 4.69) is 13.8 Å². The van der Waals surface area contributed by atoms with Crippen molar-refractivity contribution >= 4 is 0 Å². The lowest BCUT2D eigenvalue weighted by Gasteiger charge is -2.09. The molecule has 0 aromatic carbocycles.